The molecular formula is C15H30N2. The maximum atomic E-state index is 5.50. The number of rotatable bonds is 9. The van der Waals surface area contributed by atoms with Crippen LogP contribution in [0, 0.1) is 11.8 Å². The highest BCUT2D eigenvalue weighted by Crippen LogP contribution is 2.08. The summed E-state index contributed by atoms with van der Waals surface area (Å²) in [5.41, 5.74) is 6.71. The predicted octanol–water partition coefficient (Wildman–Crippen LogP) is 3.81. The van der Waals surface area contributed by atoms with Crippen molar-refractivity contribution in [1.82, 2.24) is 0 Å². The summed E-state index contributed by atoms with van der Waals surface area (Å²) in [4.78, 5) is 4.54. The molecule has 0 saturated carbocycles. The van der Waals surface area contributed by atoms with Crippen molar-refractivity contribution >= 4 is 5.71 Å². The van der Waals surface area contributed by atoms with Crippen LogP contribution in [-0.2, 0) is 0 Å². The quantitative estimate of drug-likeness (QED) is 0.609. The second kappa shape index (κ2) is 10.5. The van der Waals surface area contributed by atoms with Gasteiger partial charge >= 0.3 is 0 Å². The van der Waals surface area contributed by atoms with Crippen LogP contribution in [0.25, 0.3) is 0 Å². The average molecular weight is 238 g/mol. The van der Waals surface area contributed by atoms with E-state index in [-0.39, 0.29) is 0 Å². The van der Waals surface area contributed by atoms with Gasteiger partial charge in [-0.2, -0.15) is 0 Å². The van der Waals surface area contributed by atoms with Gasteiger partial charge in [-0.1, -0.05) is 33.8 Å². The third kappa shape index (κ3) is 11.6. The summed E-state index contributed by atoms with van der Waals surface area (Å²) in [6, 6.07) is 0. The first-order chi connectivity index (χ1) is 8.06. The Labute approximate surface area is 107 Å². The first-order valence-corrected chi connectivity index (χ1v) is 6.96. The molecule has 2 N–H and O–H groups in total. The minimum absolute atomic E-state index is 0.644. The first kappa shape index (κ1) is 16.4. The van der Waals surface area contributed by atoms with Gasteiger partial charge in [-0.3, -0.25) is 4.99 Å². The molecule has 0 unspecified atom stereocenters. The molecule has 0 saturated heterocycles. The van der Waals surface area contributed by atoms with E-state index in [0.717, 1.165) is 31.2 Å². The van der Waals surface area contributed by atoms with Crippen LogP contribution in [0.15, 0.2) is 17.1 Å². The van der Waals surface area contributed by atoms with Gasteiger partial charge < -0.3 is 5.73 Å². The van der Waals surface area contributed by atoms with E-state index in [4.69, 9.17) is 5.73 Å². The maximum Gasteiger partial charge on any atom is 0.0515 e. The highest BCUT2D eigenvalue weighted by Gasteiger charge is 1.98. The minimum atomic E-state index is 0.644. The first-order valence-electron chi connectivity index (χ1n) is 6.96. The Morgan fingerprint density at radius 3 is 2.29 bits per heavy atom. The molecular weight excluding hydrogens is 208 g/mol. The van der Waals surface area contributed by atoms with Gasteiger partial charge in [-0.05, 0) is 43.6 Å². The van der Waals surface area contributed by atoms with Crippen molar-refractivity contribution in [2.45, 2.75) is 53.4 Å². The Hall–Kier alpha value is -0.630. The van der Waals surface area contributed by atoms with Gasteiger partial charge in [0, 0.05) is 12.3 Å². The molecule has 0 radical (unpaired) electrons. The summed E-state index contributed by atoms with van der Waals surface area (Å²) in [6.45, 7) is 10.4. The molecule has 2 nitrogen and oxygen atoms in total. The van der Waals surface area contributed by atoms with E-state index in [1.807, 2.05) is 0 Å². The van der Waals surface area contributed by atoms with Crippen molar-refractivity contribution in [1.29, 1.82) is 0 Å². The maximum absolute atomic E-state index is 5.50. The fourth-order valence-electron chi connectivity index (χ4n) is 1.51. The molecule has 0 spiro atoms. The fraction of sp³-hybridized carbons (Fsp3) is 0.800. The van der Waals surface area contributed by atoms with E-state index in [2.05, 4.69) is 44.8 Å². The average Bonchev–Trinajstić information content (AvgIpc) is 2.26. The van der Waals surface area contributed by atoms with Gasteiger partial charge in [-0.25, -0.2) is 0 Å². The normalized spacial score (nSPS) is 13.2. The molecule has 0 atom stereocenters. The van der Waals surface area contributed by atoms with Crippen LogP contribution in [0.4, 0.5) is 0 Å². The fourth-order valence-corrected chi connectivity index (χ4v) is 1.51. The van der Waals surface area contributed by atoms with Crippen molar-refractivity contribution in [3.05, 3.63) is 12.2 Å². The van der Waals surface area contributed by atoms with E-state index < -0.39 is 0 Å². The second-order valence-corrected chi connectivity index (χ2v) is 5.47. The summed E-state index contributed by atoms with van der Waals surface area (Å²) < 4.78 is 0. The Balaban J connectivity index is 4.09. The molecule has 0 aromatic heterocycles. The summed E-state index contributed by atoms with van der Waals surface area (Å²) in [7, 11) is 0. The van der Waals surface area contributed by atoms with E-state index in [0.29, 0.717) is 6.54 Å². The van der Waals surface area contributed by atoms with Crippen molar-refractivity contribution in [2.75, 3.05) is 13.1 Å². The highest BCUT2D eigenvalue weighted by molar-refractivity contribution is 5.94. The molecule has 2 heteroatoms. The van der Waals surface area contributed by atoms with Crippen LogP contribution in [0.2, 0.25) is 0 Å². The number of nitrogens with two attached hydrogens (primary N) is 1. The van der Waals surface area contributed by atoms with Gasteiger partial charge in [0.1, 0.15) is 0 Å². The second-order valence-electron chi connectivity index (χ2n) is 5.47. The minimum Gasteiger partial charge on any atom is -0.329 e. The summed E-state index contributed by atoms with van der Waals surface area (Å²) in [5.74, 6) is 1.52. The van der Waals surface area contributed by atoms with E-state index in [1.165, 1.54) is 18.6 Å². The lowest BCUT2D eigenvalue weighted by molar-refractivity contribution is 0.594. The zero-order chi connectivity index (χ0) is 13.1. The van der Waals surface area contributed by atoms with Crippen molar-refractivity contribution in [2.24, 2.45) is 22.6 Å². The third-order valence-corrected chi connectivity index (χ3v) is 2.64. The summed E-state index contributed by atoms with van der Waals surface area (Å²) in [5, 5.41) is 0. The predicted molar refractivity (Wildman–Crippen MR) is 78.6 cm³/mol. The summed E-state index contributed by atoms with van der Waals surface area (Å²) in [6.07, 6.45) is 9.15. The number of allylic oxidation sites excluding steroid dienone is 2. The molecule has 0 aliphatic rings. The molecule has 17 heavy (non-hydrogen) atoms. The SMILES string of the molecule is CC(C)CC/C=C/C(CCC(C)C)=NCCN. The lowest BCUT2D eigenvalue weighted by Gasteiger charge is -2.05. The Bertz CT molecular complexity index is 227. The standard InChI is InChI=1S/C15H30N2/c1-13(2)7-5-6-8-15(17-12-11-16)10-9-14(3)4/h6,8,13-14H,5,7,9-12,16H2,1-4H3/b8-6+,17-15?. The van der Waals surface area contributed by atoms with E-state index in [1.54, 1.807) is 0 Å². The number of aliphatic imine (C=N–C) groups is 1. The molecule has 0 rings (SSSR count). The van der Waals surface area contributed by atoms with Crippen molar-refractivity contribution < 1.29 is 0 Å². The van der Waals surface area contributed by atoms with Crippen LogP contribution in [0.5, 0.6) is 0 Å². The van der Waals surface area contributed by atoms with Crippen LogP contribution in [0.1, 0.15) is 53.4 Å². The lowest BCUT2D eigenvalue weighted by Crippen LogP contribution is -2.06. The molecule has 0 amide bonds. The largest absolute Gasteiger partial charge is 0.329 e. The third-order valence-electron chi connectivity index (χ3n) is 2.64. The van der Waals surface area contributed by atoms with Gasteiger partial charge in [0.2, 0.25) is 0 Å². The zero-order valence-electron chi connectivity index (χ0n) is 12.1. The van der Waals surface area contributed by atoms with E-state index >= 15 is 0 Å². The molecule has 0 aromatic carbocycles. The molecule has 0 bridgehead atoms. The van der Waals surface area contributed by atoms with Crippen LogP contribution < -0.4 is 5.73 Å². The Kier molecular flexibility index (Phi) is 10.1. The lowest BCUT2D eigenvalue weighted by atomic mass is 10.0. The Morgan fingerprint density at radius 1 is 1.12 bits per heavy atom. The molecule has 0 aliphatic heterocycles. The molecule has 0 heterocycles. The van der Waals surface area contributed by atoms with Crippen molar-refractivity contribution in [3.63, 3.8) is 0 Å². The number of hydrogen-bond acceptors (Lipinski definition) is 2. The van der Waals surface area contributed by atoms with Gasteiger partial charge in [0.15, 0.2) is 0 Å². The Morgan fingerprint density at radius 2 is 1.76 bits per heavy atom. The topological polar surface area (TPSA) is 38.4 Å². The van der Waals surface area contributed by atoms with Crippen LogP contribution in [0.3, 0.4) is 0 Å². The van der Waals surface area contributed by atoms with Crippen LogP contribution in [-0.4, -0.2) is 18.8 Å². The van der Waals surface area contributed by atoms with Gasteiger partial charge in [-0.15, -0.1) is 0 Å². The molecule has 0 aliphatic carbocycles. The smallest absolute Gasteiger partial charge is 0.0515 e. The van der Waals surface area contributed by atoms with Gasteiger partial charge in [0.05, 0.1) is 6.54 Å². The van der Waals surface area contributed by atoms with Gasteiger partial charge in [0.25, 0.3) is 0 Å². The summed E-state index contributed by atoms with van der Waals surface area (Å²) >= 11 is 0. The van der Waals surface area contributed by atoms with Crippen LogP contribution >= 0.6 is 0 Å². The van der Waals surface area contributed by atoms with E-state index in [9.17, 15) is 0 Å². The monoisotopic (exact) mass is 238 g/mol. The zero-order valence-corrected chi connectivity index (χ0v) is 12.1. The molecule has 0 aromatic rings. The molecule has 0 fully saturated rings. The highest BCUT2D eigenvalue weighted by atomic mass is 14.8. The molecule has 100 valence electrons. The number of nitrogens with zero attached hydrogens (tertiary/aromatic N) is 1. The number of hydrogen-bond donors (Lipinski definition) is 1. The van der Waals surface area contributed by atoms with Crippen molar-refractivity contribution in [3.8, 4) is 0 Å².